The SMILES string of the molecule is CCCCCC/C=C\C=C/CCCCCCCC(=O)O[C@H](COC(=O)CCCCCCCCC(C)C)COP(=O)(O)OC[C@@H](O)COP(=O)(O)OC[C@@H](COC(=O)CCCCCCCCC(C)C)OC(=O)CCCCCCCCCCCCCCCC(C)C. The number of hydrogen-bond donors (Lipinski definition) is 3. The van der Waals surface area contributed by atoms with Gasteiger partial charge in [-0.1, -0.05) is 272 Å². The number of carbonyl (C=O) groups excluding carboxylic acids is 4. The molecular formula is C70H132O17P2. The van der Waals surface area contributed by atoms with E-state index in [1.807, 2.05) is 0 Å². The van der Waals surface area contributed by atoms with Crippen LogP contribution in [0.1, 0.15) is 325 Å². The van der Waals surface area contributed by atoms with Crippen molar-refractivity contribution in [1.29, 1.82) is 0 Å². The average Bonchev–Trinajstić information content (AvgIpc) is 3.62. The lowest BCUT2D eigenvalue weighted by molar-refractivity contribution is -0.161. The van der Waals surface area contributed by atoms with E-state index < -0.39 is 97.5 Å². The summed E-state index contributed by atoms with van der Waals surface area (Å²) in [4.78, 5) is 72.4. The third kappa shape index (κ3) is 64.1. The molecule has 0 saturated heterocycles. The van der Waals surface area contributed by atoms with Gasteiger partial charge in [0.2, 0.25) is 0 Å². The van der Waals surface area contributed by atoms with Crippen molar-refractivity contribution in [3.05, 3.63) is 24.3 Å². The fourth-order valence-corrected chi connectivity index (χ4v) is 11.6. The Morgan fingerprint density at radius 3 is 0.910 bits per heavy atom. The van der Waals surface area contributed by atoms with Gasteiger partial charge in [0.1, 0.15) is 19.3 Å². The number of phosphoric ester groups is 2. The summed E-state index contributed by atoms with van der Waals surface area (Å²) in [5.41, 5.74) is 0. The highest BCUT2D eigenvalue weighted by Crippen LogP contribution is 2.45. The predicted molar refractivity (Wildman–Crippen MR) is 358 cm³/mol. The summed E-state index contributed by atoms with van der Waals surface area (Å²) in [5.74, 6) is -0.0228. The van der Waals surface area contributed by atoms with Crippen molar-refractivity contribution in [3.8, 4) is 0 Å². The van der Waals surface area contributed by atoms with Gasteiger partial charge in [-0.05, 0) is 69.1 Å². The Morgan fingerprint density at radius 1 is 0.348 bits per heavy atom. The fourth-order valence-electron chi connectivity index (χ4n) is 10.0. The molecule has 5 atom stereocenters. The van der Waals surface area contributed by atoms with Gasteiger partial charge >= 0.3 is 39.5 Å². The van der Waals surface area contributed by atoms with Crippen molar-refractivity contribution in [2.45, 2.75) is 343 Å². The molecule has 0 aliphatic rings. The number of allylic oxidation sites excluding steroid dienone is 4. The second-order valence-electron chi connectivity index (χ2n) is 26.0. The molecule has 0 aliphatic carbocycles. The summed E-state index contributed by atoms with van der Waals surface area (Å²) in [6.45, 7) is 11.6. The highest BCUT2D eigenvalue weighted by molar-refractivity contribution is 7.47. The largest absolute Gasteiger partial charge is 0.472 e. The van der Waals surface area contributed by atoms with E-state index in [9.17, 15) is 43.2 Å². The Bertz CT molecular complexity index is 1840. The number of hydrogen-bond acceptors (Lipinski definition) is 15. The van der Waals surface area contributed by atoms with Crippen molar-refractivity contribution in [1.82, 2.24) is 0 Å². The first-order valence-electron chi connectivity index (χ1n) is 35.7. The lowest BCUT2D eigenvalue weighted by Gasteiger charge is -2.21. The monoisotopic (exact) mass is 1310 g/mol. The third-order valence-electron chi connectivity index (χ3n) is 15.5. The molecular weight excluding hydrogens is 1170 g/mol. The normalized spacial score (nSPS) is 14.4. The molecule has 2 unspecified atom stereocenters. The quantitative estimate of drug-likeness (QED) is 0.0169. The number of ether oxygens (including phenoxy) is 4. The fraction of sp³-hybridized carbons (Fsp3) is 0.886. The van der Waals surface area contributed by atoms with Gasteiger partial charge in [-0.25, -0.2) is 9.13 Å². The number of aliphatic hydroxyl groups excluding tert-OH is 1. The van der Waals surface area contributed by atoms with Crippen molar-refractivity contribution >= 4 is 39.5 Å². The van der Waals surface area contributed by atoms with Gasteiger partial charge in [-0.3, -0.25) is 37.3 Å². The molecule has 0 spiro atoms. The number of aliphatic hydroxyl groups is 1. The Labute approximate surface area is 542 Å². The first-order valence-corrected chi connectivity index (χ1v) is 38.7. The smallest absolute Gasteiger partial charge is 0.462 e. The molecule has 0 aromatic carbocycles. The van der Waals surface area contributed by atoms with Crippen molar-refractivity contribution in [2.75, 3.05) is 39.6 Å². The van der Waals surface area contributed by atoms with Crippen LogP contribution in [0, 0.1) is 17.8 Å². The molecule has 19 heteroatoms. The molecule has 0 fully saturated rings. The zero-order chi connectivity index (χ0) is 65.9. The van der Waals surface area contributed by atoms with Gasteiger partial charge < -0.3 is 33.8 Å². The Kier molecular flexibility index (Phi) is 58.8. The molecule has 0 aromatic rings. The molecule has 17 nitrogen and oxygen atoms in total. The lowest BCUT2D eigenvalue weighted by atomic mass is 10.0. The molecule has 0 bridgehead atoms. The summed E-state index contributed by atoms with van der Waals surface area (Å²) in [5, 5.41) is 10.6. The summed E-state index contributed by atoms with van der Waals surface area (Å²) in [7, 11) is -9.91. The van der Waals surface area contributed by atoms with Crippen LogP contribution in [0.15, 0.2) is 24.3 Å². The first-order chi connectivity index (χ1) is 42.7. The van der Waals surface area contributed by atoms with Gasteiger partial charge in [-0.2, -0.15) is 0 Å². The molecule has 3 N–H and O–H groups in total. The number of carbonyl (C=O) groups is 4. The summed E-state index contributed by atoms with van der Waals surface area (Å²) >= 11 is 0. The summed E-state index contributed by atoms with van der Waals surface area (Å²) < 4.78 is 68.1. The van der Waals surface area contributed by atoms with Crippen LogP contribution in [-0.2, 0) is 65.4 Å². The predicted octanol–water partition coefficient (Wildman–Crippen LogP) is 19.4. The van der Waals surface area contributed by atoms with E-state index >= 15 is 0 Å². The molecule has 0 heterocycles. The lowest BCUT2D eigenvalue weighted by Crippen LogP contribution is -2.30. The molecule has 0 amide bonds. The summed E-state index contributed by atoms with van der Waals surface area (Å²) in [6, 6.07) is 0. The number of esters is 4. The van der Waals surface area contributed by atoms with E-state index in [-0.39, 0.29) is 25.7 Å². The maximum atomic E-state index is 13.0. The van der Waals surface area contributed by atoms with Gasteiger partial charge in [0, 0.05) is 25.7 Å². The number of phosphoric acid groups is 2. The standard InChI is InChI=1S/C70H132O17P2/c1-8-9-10-11-12-13-14-15-16-19-22-25-28-39-46-53-69(74)86-65(57-80-67(72)51-44-37-32-30-35-42-49-62(4)5)59-84-88(76,77)82-55-64(71)56-83-89(78,79)85-60-66(58-81-68(73)52-45-38-33-31-36-43-50-63(6)7)87-70(75)54-47-40-29-26-23-20-17-18-21-24-27-34-41-48-61(2)3/h13-16,61-66,71H,8-12,17-60H2,1-7H3,(H,76,77)(H,78,79)/b14-13-,16-15-/t64-,65-,66-/m1/s1. The van der Waals surface area contributed by atoms with Crippen LogP contribution in [0.4, 0.5) is 0 Å². The molecule has 89 heavy (non-hydrogen) atoms. The van der Waals surface area contributed by atoms with Crippen molar-refractivity contribution in [3.63, 3.8) is 0 Å². The van der Waals surface area contributed by atoms with Gasteiger partial charge in [-0.15, -0.1) is 0 Å². The zero-order valence-corrected chi connectivity index (χ0v) is 59.2. The van der Waals surface area contributed by atoms with Crippen LogP contribution < -0.4 is 0 Å². The number of rotatable bonds is 66. The molecule has 0 aliphatic heterocycles. The maximum Gasteiger partial charge on any atom is 0.472 e. The van der Waals surface area contributed by atoms with Crippen molar-refractivity contribution < 1.29 is 80.2 Å². The van der Waals surface area contributed by atoms with Crippen LogP contribution >= 0.6 is 15.6 Å². The van der Waals surface area contributed by atoms with Crippen molar-refractivity contribution in [2.24, 2.45) is 17.8 Å². The zero-order valence-electron chi connectivity index (χ0n) is 57.4. The average molecular weight is 1310 g/mol. The van der Waals surface area contributed by atoms with Crippen LogP contribution in [0.5, 0.6) is 0 Å². The summed E-state index contributed by atoms with van der Waals surface area (Å²) in [6.07, 6.45) is 47.0. The molecule has 0 radical (unpaired) electrons. The van der Waals surface area contributed by atoms with E-state index in [0.717, 1.165) is 121 Å². The van der Waals surface area contributed by atoms with Crippen LogP contribution in [0.3, 0.4) is 0 Å². The molecule has 0 saturated carbocycles. The first kappa shape index (κ1) is 86.5. The van der Waals surface area contributed by atoms with Gasteiger partial charge in [0.05, 0.1) is 26.4 Å². The van der Waals surface area contributed by atoms with Gasteiger partial charge in [0.25, 0.3) is 0 Å². The molecule has 0 aromatic heterocycles. The topological polar surface area (TPSA) is 237 Å². The highest BCUT2D eigenvalue weighted by Gasteiger charge is 2.30. The Morgan fingerprint density at radius 2 is 0.607 bits per heavy atom. The van der Waals surface area contributed by atoms with E-state index in [1.54, 1.807) is 0 Å². The Balaban J connectivity index is 5.25. The highest BCUT2D eigenvalue weighted by atomic mass is 31.2. The minimum Gasteiger partial charge on any atom is -0.462 e. The minimum atomic E-state index is -4.96. The second kappa shape index (κ2) is 60.5. The Hall–Kier alpha value is -2.46. The minimum absolute atomic E-state index is 0.0834. The van der Waals surface area contributed by atoms with E-state index in [4.69, 9.17) is 37.0 Å². The third-order valence-corrected chi connectivity index (χ3v) is 17.4. The van der Waals surface area contributed by atoms with E-state index in [2.05, 4.69) is 72.8 Å². The van der Waals surface area contributed by atoms with E-state index in [0.29, 0.717) is 37.5 Å². The van der Waals surface area contributed by atoms with E-state index in [1.165, 1.54) is 109 Å². The molecule has 524 valence electrons. The van der Waals surface area contributed by atoms with Crippen LogP contribution in [0.25, 0.3) is 0 Å². The number of unbranched alkanes of at least 4 members (excludes halogenated alkanes) is 31. The van der Waals surface area contributed by atoms with Gasteiger partial charge in [0.15, 0.2) is 12.2 Å². The second-order valence-corrected chi connectivity index (χ2v) is 28.9. The maximum absolute atomic E-state index is 13.0. The molecule has 0 rings (SSSR count). The van der Waals surface area contributed by atoms with Crippen LogP contribution in [-0.4, -0.2) is 96.7 Å². The van der Waals surface area contributed by atoms with Crippen LogP contribution in [0.2, 0.25) is 0 Å².